The zero-order valence-electron chi connectivity index (χ0n) is 68.7. The number of benzene rings is 5. The van der Waals surface area contributed by atoms with Crippen molar-refractivity contribution in [3.63, 3.8) is 0 Å². The van der Waals surface area contributed by atoms with Gasteiger partial charge in [-0.2, -0.15) is 119 Å². The van der Waals surface area contributed by atoms with E-state index in [0.29, 0.717) is 85.5 Å². The number of aryl methyl sites for hydroxylation is 2. The number of nitriles is 1. The average molecular weight is 1870 g/mol. The fraction of sp³-hybridized carbons (Fsp3) is 0.325. The second-order valence-corrected chi connectivity index (χ2v) is 31.0. The molecule has 15 aromatic rings. The molecule has 0 saturated heterocycles. The van der Waals surface area contributed by atoms with Gasteiger partial charge in [0.1, 0.15) is 29.5 Å². The smallest absolute Gasteiger partial charge is 0.490 e. The summed E-state index contributed by atoms with van der Waals surface area (Å²) in [7, 11) is 0. The molecule has 3 fully saturated rings. The molecule has 0 amide bonds. The maximum absolute atomic E-state index is 14.5. The summed E-state index contributed by atoms with van der Waals surface area (Å²) in [5.41, 5.74) is 3.32. The minimum atomic E-state index is -5.00. The summed E-state index contributed by atoms with van der Waals surface area (Å²) in [4.78, 5) is 0. The molecule has 3 saturated carbocycles. The molecular weight excluding hydrogens is 1810 g/mol. The second-order valence-electron chi connectivity index (χ2n) is 31.0. The van der Waals surface area contributed by atoms with Crippen molar-refractivity contribution in [3.05, 3.63) is 220 Å². The van der Waals surface area contributed by atoms with Crippen molar-refractivity contribution < 1.29 is 124 Å². The Hall–Kier alpha value is -14.0. The molecule has 10 aromatic heterocycles. The fourth-order valence-electron chi connectivity index (χ4n) is 13.6. The van der Waals surface area contributed by atoms with Crippen molar-refractivity contribution in [1.82, 2.24) is 99.1 Å². The zero-order valence-corrected chi connectivity index (χ0v) is 68.7. The number of nitrogens with zero attached hydrogens (tertiary/aromatic N) is 21. The first kappa shape index (κ1) is 94.1. The summed E-state index contributed by atoms with van der Waals surface area (Å²) in [5, 5.41) is 65.0. The van der Waals surface area contributed by atoms with Gasteiger partial charge < -0.3 is 18.9 Å². The zero-order chi connectivity index (χ0) is 95.7. The fourth-order valence-corrected chi connectivity index (χ4v) is 13.6. The lowest BCUT2D eigenvalue weighted by Gasteiger charge is -2.34. The Morgan fingerprint density at radius 3 is 1.12 bits per heavy atom. The average Bonchev–Trinajstić information content (AvgIpc) is 1.60. The molecule has 0 atom stereocenters. The van der Waals surface area contributed by atoms with Crippen molar-refractivity contribution >= 4 is 28.2 Å². The van der Waals surface area contributed by atoms with E-state index in [-0.39, 0.29) is 80.6 Å². The number of halogens is 24. The Bertz CT molecular complexity index is 6840. The Labute approximate surface area is 726 Å². The standard InChI is InChI=1S/C18H16F4N4O.C17H13F5N4O.C17H12F3N5.C16H11F7N4O2.C15H11F5N4/c1-10-7-11(27-12-8-18(21,22)9-12)3-4-13(10)14-5-6-15-23-24-16(17(2,19)20)26(15)25-14;1-16(19,20)15-24-23-14-5-3-12(25-26(14)15)9-2-4-13(11(18)6-9)27-10-7-17(21,22)8-10;1-16(19,20)15-23-22-14-5-4-13(24-25(14)15)10-2-3-11(12(18)8-10)17(9-21)6-7-17;1-15(19,20)13-25-24-12-5-4-11(26-27(12)13)10-3-2-9(29-16(21,22)23)6-8(10)7-28-14(17)18;1-8-7-9(3-4-10(8)15(18,19)20)11-5-6-12-21-22-13(14(2,16)17)24(12)23-11/h3-7,12H,8-9H2,1-2H3;2-6,10H,7-8H2,1H3;2-5,8H,6-7H2,1H3;2-6,14H,7H2,1H3;3-7H,1-2H3. The molecule has 10 heterocycles. The quantitative estimate of drug-likeness (QED) is 0.0680. The number of alkyl halides is 22. The topological polar surface area (TPSA) is 276 Å². The number of aromatic nitrogens is 20. The summed E-state index contributed by atoms with van der Waals surface area (Å²) in [6.07, 6.45) is -10.9. The molecule has 0 unspecified atom stereocenters. The van der Waals surface area contributed by atoms with Crippen LogP contribution in [0.25, 0.3) is 84.5 Å². The first-order valence-electron chi connectivity index (χ1n) is 38.8. The molecule has 0 radical (unpaired) electrons. The number of fused-ring (bicyclic) bond motifs is 5. The minimum absolute atomic E-state index is 0.00535. The van der Waals surface area contributed by atoms with Gasteiger partial charge in [-0.25, -0.2) is 26.3 Å². The van der Waals surface area contributed by atoms with Crippen molar-refractivity contribution in [1.29, 1.82) is 5.26 Å². The van der Waals surface area contributed by atoms with Crippen LogP contribution in [0.3, 0.4) is 0 Å². The van der Waals surface area contributed by atoms with E-state index in [2.05, 4.69) is 92.0 Å². The lowest BCUT2D eigenvalue weighted by molar-refractivity contribution is -0.274. The van der Waals surface area contributed by atoms with Crippen molar-refractivity contribution in [2.24, 2.45) is 0 Å². The second kappa shape index (κ2) is 35.0. The SMILES string of the molecule is CC(F)(F)c1nnc2ccc(-c3ccc(C4(C#N)CC4)c(F)c3)nn12.CC(F)(F)c1nnc2ccc(-c3ccc(OC(F)(F)F)cc3COC(F)F)nn12.CC(F)(F)c1nnc2ccc(-c3ccc(OC4CC(F)(F)C4)c(F)c3)nn12.Cc1cc(-c2ccc3nnc(C(C)(F)F)n3n2)ccc1C(F)(F)F.Cc1cc(OC2CC(F)(F)C2)ccc1-c1ccc2nnc(C(C)(F)F)n2n1. The maximum atomic E-state index is 14.5. The Morgan fingerprint density at radius 2 is 0.765 bits per heavy atom. The van der Waals surface area contributed by atoms with Crippen LogP contribution in [0, 0.1) is 36.8 Å². The Morgan fingerprint density at radius 1 is 0.402 bits per heavy atom. The molecule has 18 rings (SSSR count). The molecule has 3 aliphatic rings. The Balaban J connectivity index is 0.000000133. The summed E-state index contributed by atoms with van der Waals surface area (Å²) >= 11 is 0. The molecule has 0 aliphatic heterocycles. The van der Waals surface area contributed by atoms with E-state index in [9.17, 15) is 111 Å². The number of rotatable bonds is 19. The van der Waals surface area contributed by atoms with E-state index in [4.69, 9.17) is 9.47 Å². The van der Waals surface area contributed by atoms with Gasteiger partial charge in [0.2, 0.25) is 29.1 Å². The molecular formula is C83H63F24N21O4. The number of hydrogen-bond acceptors (Lipinski definition) is 20. The van der Waals surface area contributed by atoms with Gasteiger partial charge in [-0.1, -0.05) is 18.2 Å². The van der Waals surface area contributed by atoms with Gasteiger partial charge in [0.05, 0.1) is 52.1 Å². The van der Waals surface area contributed by atoms with Gasteiger partial charge in [0, 0.05) is 93.7 Å². The van der Waals surface area contributed by atoms with Crippen LogP contribution in [-0.2, 0) is 52.5 Å². The minimum Gasteiger partial charge on any atom is -0.490 e. The van der Waals surface area contributed by atoms with E-state index in [1.54, 1.807) is 48.5 Å². The van der Waals surface area contributed by atoms with Crippen molar-refractivity contribution in [3.8, 4) is 79.6 Å². The molecule has 0 N–H and O–H groups in total. The summed E-state index contributed by atoms with van der Waals surface area (Å²) in [5.74, 6) is -26.4. The third kappa shape index (κ3) is 21.2. The van der Waals surface area contributed by atoms with E-state index in [1.807, 2.05) is 6.92 Å². The van der Waals surface area contributed by atoms with Crippen LogP contribution < -0.4 is 14.2 Å². The molecule has 0 spiro atoms. The van der Waals surface area contributed by atoms with Gasteiger partial charge in [-0.05, 0) is 177 Å². The van der Waals surface area contributed by atoms with Gasteiger partial charge in [-0.15, -0.1) is 64.2 Å². The predicted molar refractivity (Wildman–Crippen MR) is 415 cm³/mol. The third-order valence-corrected chi connectivity index (χ3v) is 20.2. The summed E-state index contributed by atoms with van der Waals surface area (Å²) in [6.45, 7) is 2.55. The van der Waals surface area contributed by atoms with Crippen LogP contribution in [0.4, 0.5) is 105 Å². The molecule has 25 nitrogen and oxygen atoms in total. The van der Waals surface area contributed by atoms with Gasteiger partial charge in [0.15, 0.2) is 39.8 Å². The highest BCUT2D eigenvalue weighted by Gasteiger charge is 2.50. The maximum Gasteiger partial charge on any atom is 0.573 e. The van der Waals surface area contributed by atoms with Gasteiger partial charge >= 0.3 is 48.8 Å². The third-order valence-electron chi connectivity index (χ3n) is 20.2. The van der Waals surface area contributed by atoms with Crippen molar-refractivity contribution in [2.75, 3.05) is 0 Å². The van der Waals surface area contributed by atoms with Crippen LogP contribution in [0.2, 0.25) is 0 Å². The monoisotopic (exact) mass is 1870 g/mol. The van der Waals surface area contributed by atoms with E-state index < -0.39 is 150 Å². The molecule has 0 bridgehead atoms. The predicted octanol–water partition coefficient (Wildman–Crippen LogP) is 21.0. The van der Waals surface area contributed by atoms with Gasteiger partial charge in [-0.3, -0.25) is 0 Å². The van der Waals surface area contributed by atoms with E-state index in [1.165, 1.54) is 79.7 Å². The molecule has 692 valence electrons. The first-order chi connectivity index (χ1) is 61.6. The van der Waals surface area contributed by atoms with Crippen LogP contribution in [-0.4, -0.2) is 136 Å². The molecule has 49 heteroatoms. The lowest BCUT2D eigenvalue weighted by Crippen LogP contribution is -2.43. The van der Waals surface area contributed by atoms with Crippen LogP contribution in [0.1, 0.15) is 130 Å². The Kier molecular flexibility index (Phi) is 25.0. The van der Waals surface area contributed by atoms with E-state index in [0.717, 1.165) is 65.4 Å². The lowest BCUT2D eigenvalue weighted by atomic mass is 9.91. The highest BCUT2D eigenvalue weighted by Crippen LogP contribution is 2.50. The van der Waals surface area contributed by atoms with E-state index >= 15 is 0 Å². The van der Waals surface area contributed by atoms with Crippen molar-refractivity contribution in [2.45, 2.75) is 172 Å². The van der Waals surface area contributed by atoms with Crippen LogP contribution in [0.5, 0.6) is 17.2 Å². The van der Waals surface area contributed by atoms with Crippen LogP contribution in [0.15, 0.2) is 152 Å². The molecule has 3 aliphatic carbocycles. The number of hydrogen-bond donors (Lipinski definition) is 0. The number of ether oxygens (including phenoxy) is 4. The first-order valence-corrected chi connectivity index (χ1v) is 38.8. The highest BCUT2D eigenvalue weighted by atomic mass is 19.4. The van der Waals surface area contributed by atoms with Crippen LogP contribution >= 0.6 is 0 Å². The molecule has 132 heavy (non-hydrogen) atoms. The van der Waals surface area contributed by atoms with Gasteiger partial charge in [0.25, 0.3) is 11.8 Å². The molecule has 5 aromatic carbocycles. The highest BCUT2D eigenvalue weighted by molar-refractivity contribution is 5.69. The summed E-state index contributed by atoms with van der Waals surface area (Å²) in [6, 6.07) is 36.8. The largest absolute Gasteiger partial charge is 0.573 e. The summed E-state index contributed by atoms with van der Waals surface area (Å²) < 4.78 is 340. The normalized spacial score (nSPS) is 15.1.